The summed E-state index contributed by atoms with van der Waals surface area (Å²) in [6, 6.07) is 0. The van der Waals surface area contributed by atoms with E-state index in [2.05, 4.69) is 0 Å². The molecule has 0 atom stereocenters. The van der Waals surface area contributed by atoms with Crippen LogP contribution in [0.1, 0.15) is 0 Å². The minimum Gasteiger partial charge on any atom is -2.00 e. The molecule has 0 fully saturated rings. The summed E-state index contributed by atoms with van der Waals surface area (Å²) in [5, 5.41) is 0. The van der Waals surface area contributed by atoms with Gasteiger partial charge < -0.3 is 16.4 Å². The van der Waals surface area contributed by atoms with Gasteiger partial charge in [0.25, 0.3) is 0 Å². The zero-order valence-electron chi connectivity index (χ0n) is 2.86. The second kappa shape index (κ2) is 97.4. The van der Waals surface area contributed by atoms with Gasteiger partial charge in [-0.15, -0.1) is 0 Å². The smallest absolute Gasteiger partial charge is 2.00 e. The van der Waals surface area contributed by atoms with Crippen molar-refractivity contribution in [1.82, 2.24) is 0 Å². The summed E-state index contributed by atoms with van der Waals surface area (Å²) in [5.74, 6) is 0. The topological polar surface area (TPSA) is 85.5 Å². The molecule has 7 heavy (non-hydrogen) atoms. The summed E-state index contributed by atoms with van der Waals surface area (Å²) in [6.45, 7) is 0. The molecule has 0 aromatic carbocycles. The molecule has 0 saturated carbocycles. The summed E-state index contributed by atoms with van der Waals surface area (Å²) in [5.41, 5.74) is 0. The van der Waals surface area contributed by atoms with Crippen LogP contribution >= 0.6 is 0 Å². The molecule has 3 nitrogen and oxygen atoms in total. The Morgan fingerprint density at radius 2 is 0.429 bits per heavy atom. The van der Waals surface area contributed by atoms with Crippen LogP contribution in [0.5, 0.6) is 0 Å². The molecular formula is Cr4O3. The van der Waals surface area contributed by atoms with Gasteiger partial charge in [-0.05, 0) is 0 Å². The van der Waals surface area contributed by atoms with Crippen LogP contribution in [0, 0.1) is 0 Å². The van der Waals surface area contributed by atoms with E-state index in [4.69, 9.17) is 0 Å². The van der Waals surface area contributed by atoms with E-state index in [0.29, 0.717) is 0 Å². The zero-order valence-corrected chi connectivity index (χ0v) is 7.96. The second-order valence-corrected chi connectivity index (χ2v) is 0. The van der Waals surface area contributed by atoms with Crippen LogP contribution in [0.15, 0.2) is 0 Å². The Morgan fingerprint density at radius 3 is 0.429 bits per heavy atom. The van der Waals surface area contributed by atoms with E-state index in [-0.39, 0.29) is 85.9 Å². The fourth-order valence-corrected chi connectivity index (χ4v) is 0. The van der Waals surface area contributed by atoms with Gasteiger partial charge in [-0.3, -0.25) is 0 Å². The van der Waals surface area contributed by atoms with E-state index >= 15 is 0 Å². The van der Waals surface area contributed by atoms with Gasteiger partial charge >= 0.3 is 34.7 Å². The van der Waals surface area contributed by atoms with Crippen molar-refractivity contribution in [3.05, 3.63) is 0 Å². The van der Waals surface area contributed by atoms with Crippen molar-refractivity contribution < 1.29 is 85.9 Å². The third-order valence-electron chi connectivity index (χ3n) is 0. The Kier molecular flexibility index (Phi) is 1990. The van der Waals surface area contributed by atoms with Crippen LogP contribution in [0.4, 0.5) is 0 Å². The molecule has 0 aliphatic heterocycles. The summed E-state index contributed by atoms with van der Waals surface area (Å²) in [7, 11) is 0. The zero-order chi connectivity index (χ0) is 0. The SMILES string of the molecule is [Cr+3].[Cr+3].[Cr].[Cr].[O-2].[O-2].[O-2]. The molecule has 0 aliphatic carbocycles. The van der Waals surface area contributed by atoms with Crippen molar-refractivity contribution in [2.75, 3.05) is 0 Å². The van der Waals surface area contributed by atoms with Gasteiger partial charge in [-0.25, -0.2) is 0 Å². The average molecular weight is 256 g/mol. The minimum atomic E-state index is 0. The summed E-state index contributed by atoms with van der Waals surface area (Å²) in [6.07, 6.45) is 0. The molecule has 0 aromatic rings. The largest absolute Gasteiger partial charge is 3.00 e. The monoisotopic (exact) mass is 256 g/mol. The number of hydrogen-bond acceptors (Lipinski definition) is 0. The van der Waals surface area contributed by atoms with Gasteiger partial charge in [-0.1, -0.05) is 0 Å². The maximum absolute atomic E-state index is 0. The molecule has 0 unspecified atom stereocenters. The molecule has 0 spiro atoms. The van der Waals surface area contributed by atoms with E-state index in [1.807, 2.05) is 0 Å². The Labute approximate surface area is 85.3 Å². The first-order chi connectivity index (χ1) is 0. The van der Waals surface area contributed by atoms with Crippen molar-refractivity contribution in [2.45, 2.75) is 0 Å². The number of rotatable bonds is 0. The molecular weight excluding hydrogens is 256 g/mol. The maximum Gasteiger partial charge on any atom is 3.00 e. The summed E-state index contributed by atoms with van der Waals surface area (Å²) in [4.78, 5) is 0. The van der Waals surface area contributed by atoms with Crippen molar-refractivity contribution in [3.63, 3.8) is 0 Å². The first-order valence-corrected chi connectivity index (χ1v) is 0. The summed E-state index contributed by atoms with van der Waals surface area (Å²) >= 11 is 0. The van der Waals surface area contributed by atoms with Crippen molar-refractivity contribution in [2.24, 2.45) is 0 Å². The van der Waals surface area contributed by atoms with E-state index in [1.54, 1.807) is 0 Å². The Hall–Kier alpha value is 2.01. The molecule has 0 heterocycles. The van der Waals surface area contributed by atoms with Crippen molar-refractivity contribution in [1.29, 1.82) is 0 Å². The quantitative estimate of drug-likeness (QED) is 0.566. The molecule has 0 bridgehead atoms. The van der Waals surface area contributed by atoms with E-state index in [1.165, 1.54) is 0 Å². The maximum atomic E-state index is 0. The second-order valence-electron chi connectivity index (χ2n) is 0. The van der Waals surface area contributed by atoms with Gasteiger partial charge in [0.1, 0.15) is 0 Å². The van der Waals surface area contributed by atoms with E-state index in [0.717, 1.165) is 0 Å². The third kappa shape index (κ3) is 71.6. The first kappa shape index (κ1) is 143. The third-order valence-corrected chi connectivity index (χ3v) is 0. The molecule has 0 N–H and O–H groups in total. The molecule has 2 radical (unpaired) electrons. The first-order valence-electron chi connectivity index (χ1n) is 0. The number of hydrogen-bond donors (Lipinski definition) is 0. The van der Waals surface area contributed by atoms with Crippen LogP contribution in [0.2, 0.25) is 0 Å². The standard InChI is InChI=1S/4Cr.3O/q;;2*+3;3*-2. The Balaban J connectivity index is 0. The molecule has 0 rings (SSSR count). The van der Waals surface area contributed by atoms with Gasteiger partial charge in [0, 0.05) is 34.7 Å². The predicted octanol–water partition coefficient (Wildman–Crippen LogP) is -0.366. The minimum absolute atomic E-state index is 0. The fraction of sp³-hybridized carbons (Fsp3) is 0. The molecule has 0 aliphatic rings. The van der Waals surface area contributed by atoms with Gasteiger partial charge in [0.15, 0.2) is 0 Å². The molecule has 42 valence electrons. The Morgan fingerprint density at radius 1 is 0.429 bits per heavy atom. The predicted molar refractivity (Wildman–Crippen MR) is 2.06 cm³/mol. The van der Waals surface area contributed by atoms with Crippen molar-refractivity contribution >= 4 is 0 Å². The van der Waals surface area contributed by atoms with E-state index < -0.39 is 0 Å². The average Bonchev–Trinajstić information content (AvgIpc) is 0. The fourth-order valence-electron chi connectivity index (χ4n) is 0. The van der Waals surface area contributed by atoms with Crippen LogP contribution < -0.4 is 0 Å². The van der Waals surface area contributed by atoms with Gasteiger partial charge in [-0.2, -0.15) is 0 Å². The van der Waals surface area contributed by atoms with Gasteiger partial charge in [0.2, 0.25) is 0 Å². The summed E-state index contributed by atoms with van der Waals surface area (Å²) < 4.78 is 0. The molecule has 0 aromatic heterocycles. The van der Waals surface area contributed by atoms with Crippen LogP contribution in [0.25, 0.3) is 0 Å². The van der Waals surface area contributed by atoms with Crippen molar-refractivity contribution in [3.8, 4) is 0 Å². The molecule has 0 saturated heterocycles. The Bertz CT molecular complexity index is 6.90. The van der Waals surface area contributed by atoms with Crippen LogP contribution in [0.3, 0.4) is 0 Å². The van der Waals surface area contributed by atoms with Gasteiger partial charge in [0.05, 0.1) is 0 Å². The molecule has 7 heteroatoms. The van der Waals surface area contributed by atoms with Crippen LogP contribution in [-0.2, 0) is 85.9 Å². The normalized spacial score (nSPS) is 0. The van der Waals surface area contributed by atoms with E-state index in [9.17, 15) is 0 Å². The van der Waals surface area contributed by atoms with Crippen LogP contribution in [-0.4, -0.2) is 0 Å². The molecule has 0 amide bonds.